The fourth-order valence-electron chi connectivity index (χ4n) is 3.14. The first kappa shape index (κ1) is 28.8. The minimum atomic E-state index is -0.826. The van der Waals surface area contributed by atoms with Crippen LogP contribution in [0.3, 0.4) is 0 Å². The summed E-state index contributed by atoms with van der Waals surface area (Å²) in [6.45, 7) is 18.9. The van der Waals surface area contributed by atoms with E-state index in [9.17, 15) is 14.9 Å². The number of nitriles is 1. The molecule has 0 aliphatic rings. The number of unbranched alkanes of at least 4 members (excludes halogenated alkanes) is 1. The zero-order valence-electron chi connectivity index (χ0n) is 21.5. The van der Waals surface area contributed by atoms with Crippen molar-refractivity contribution in [1.29, 1.82) is 5.26 Å². The number of oxazole rings is 1. The summed E-state index contributed by atoms with van der Waals surface area (Å²) in [5, 5.41) is 15.2. The molecule has 1 rings (SSSR count). The number of allylic oxidation sites excluding steroid dienone is 1. The highest BCUT2D eigenvalue weighted by Crippen LogP contribution is 2.35. The number of rotatable bonds is 11. The smallest absolute Gasteiger partial charge is 0.408 e. The molecule has 2 N–H and O–H groups in total. The minimum Gasteiger partial charge on any atom is -0.444 e. The summed E-state index contributed by atoms with van der Waals surface area (Å²) in [6, 6.07) is 0.565. The lowest BCUT2D eigenvalue weighted by atomic mass is 9.86. The van der Waals surface area contributed by atoms with Crippen molar-refractivity contribution in [3.8, 4) is 6.07 Å². The number of aromatic nitrogens is 1. The quantitative estimate of drug-likeness (QED) is 0.355. The van der Waals surface area contributed by atoms with Crippen molar-refractivity contribution in [2.24, 2.45) is 5.41 Å². The zero-order valence-corrected chi connectivity index (χ0v) is 21.5. The molecular formula is C25H39N5O4. The van der Waals surface area contributed by atoms with E-state index in [0.29, 0.717) is 31.7 Å². The molecule has 0 spiro atoms. The summed E-state index contributed by atoms with van der Waals surface area (Å²) in [5.74, 6) is 0.119. The third-order valence-electron chi connectivity index (χ3n) is 4.79. The Morgan fingerprint density at radius 2 is 1.85 bits per heavy atom. The molecule has 9 nitrogen and oxygen atoms in total. The Hall–Kier alpha value is -3.28. The van der Waals surface area contributed by atoms with E-state index in [4.69, 9.17) is 9.15 Å². The highest BCUT2D eigenvalue weighted by Gasteiger charge is 2.36. The number of nitrogens with one attached hydrogen (secondary N) is 2. The van der Waals surface area contributed by atoms with E-state index >= 15 is 0 Å². The van der Waals surface area contributed by atoms with E-state index in [1.54, 1.807) is 44.9 Å². The number of hydrogen-bond acceptors (Lipinski definition) is 7. The normalized spacial score (nSPS) is 13.2. The van der Waals surface area contributed by atoms with Gasteiger partial charge in [0.15, 0.2) is 0 Å². The number of amides is 2. The first-order valence-corrected chi connectivity index (χ1v) is 11.4. The summed E-state index contributed by atoms with van der Waals surface area (Å²) >= 11 is 0. The van der Waals surface area contributed by atoms with Crippen LogP contribution in [0.25, 0.3) is 0 Å². The molecule has 0 aliphatic heterocycles. The second-order valence-electron chi connectivity index (χ2n) is 10.2. The molecule has 1 heterocycles. The highest BCUT2D eigenvalue weighted by molar-refractivity contribution is 5.86. The van der Waals surface area contributed by atoms with Crippen molar-refractivity contribution < 1.29 is 18.7 Å². The SMILES string of the molecule is C=CCCC[C@H](NC(=O)OC(C)(C)C)C(=O)N[C@H](c1nc(C#N)c(N(C)CC=C)o1)C(C)(C)C. The third kappa shape index (κ3) is 8.93. The number of nitrogens with zero attached hydrogens (tertiary/aromatic N) is 3. The Labute approximate surface area is 203 Å². The zero-order chi connectivity index (χ0) is 26.1. The molecule has 1 aromatic rings. The summed E-state index contributed by atoms with van der Waals surface area (Å²) in [4.78, 5) is 31.7. The molecule has 0 saturated heterocycles. The predicted octanol–water partition coefficient (Wildman–Crippen LogP) is 4.62. The van der Waals surface area contributed by atoms with E-state index in [-0.39, 0.29) is 11.6 Å². The van der Waals surface area contributed by atoms with Gasteiger partial charge in [-0.3, -0.25) is 4.79 Å². The maximum absolute atomic E-state index is 13.3. The Bertz CT molecular complexity index is 902. The van der Waals surface area contributed by atoms with Gasteiger partial charge in [0.2, 0.25) is 23.4 Å². The van der Waals surface area contributed by atoms with Gasteiger partial charge in [0.1, 0.15) is 23.8 Å². The average molecular weight is 474 g/mol. The van der Waals surface area contributed by atoms with Crippen LogP contribution >= 0.6 is 0 Å². The van der Waals surface area contributed by atoms with Crippen LogP contribution in [0.2, 0.25) is 0 Å². The number of hydrogen-bond donors (Lipinski definition) is 2. The molecule has 9 heteroatoms. The lowest BCUT2D eigenvalue weighted by molar-refractivity contribution is -0.125. The Morgan fingerprint density at radius 1 is 1.21 bits per heavy atom. The number of alkyl carbamates (subject to hydrolysis) is 1. The monoisotopic (exact) mass is 473 g/mol. The minimum absolute atomic E-state index is 0.122. The van der Waals surface area contributed by atoms with Gasteiger partial charge in [-0.25, -0.2) is 4.79 Å². The number of likely N-dealkylation sites (N-methyl/N-ethyl adjacent to an activating group) is 1. The molecular weight excluding hydrogens is 434 g/mol. The Morgan fingerprint density at radius 3 is 2.35 bits per heavy atom. The molecule has 2 atom stereocenters. The molecule has 2 amide bonds. The van der Waals surface area contributed by atoms with Crippen LogP contribution in [0.1, 0.15) is 78.4 Å². The number of anilines is 1. The molecule has 0 unspecified atom stereocenters. The van der Waals surface area contributed by atoms with Gasteiger partial charge in [-0.05, 0) is 45.4 Å². The van der Waals surface area contributed by atoms with Gasteiger partial charge in [0.25, 0.3) is 0 Å². The summed E-state index contributed by atoms with van der Waals surface area (Å²) in [7, 11) is 1.76. The van der Waals surface area contributed by atoms with Crippen LogP contribution in [-0.2, 0) is 9.53 Å². The fraction of sp³-hybridized carbons (Fsp3) is 0.600. The van der Waals surface area contributed by atoms with E-state index in [1.807, 2.05) is 26.8 Å². The predicted molar refractivity (Wildman–Crippen MR) is 132 cm³/mol. The largest absolute Gasteiger partial charge is 0.444 e. The van der Waals surface area contributed by atoms with Crippen molar-refractivity contribution in [3.05, 3.63) is 36.9 Å². The lowest BCUT2D eigenvalue weighted by Gasteiger charge is -2.31. The molecule has 188 valence electrons. The van der Waals surface area contributed by atoms with Crippen molar-refractivity contribution in [1.82, 2.24) is 15.6 Å². The third-order valence-corrected chi connectivity index (χ3v) is 4.79. The van der Waals surface area contributed by atoms with Gasteiger partial charge >= 0.3 is 6.09 Å². The van der Waals surface area contributed by atoms with E-state index in [1.165, 1.54) is 0 Å². The van der Waals surface area contributed by atoms with Crippen molar-refractivity contribution in [2.45, 2.75) is 78.5 Å². The molecule has 0 aromatic carbocycles. The van der Waals surface area contributed by atoms with Crippen molar-refractivity contribution >= 4 is 17.9 Å². The van der Waals surface area contributed by atoms with Gasteiger partial charge in [0.05, 0.1) is 0 Å². The van der Waals surface area contributed by atoms with Crippen LogP contribution in [0.5, 0.6) is 0 Å². The van der Waals surface area contributed by atoms with E-state index in [2.05, 4.69) is 28.8 Å². The van der Waals surface area contributed by atoms with E-state index in [0.717, 1.165) is 0 Å². The van der Waals surface area contributed by atoms with Gasteiger partial charge in [-0.1, -0.05) is 32.9 Å². The van der Waals surface area contributed by atoms with Crippen LogP contribution in [0.15, 0.2) is 29.7 Å². The molecule has 1 aromatic heterocycles. The van der Waals surface area contributed by atoms with Gasteiger partial charge in [-0.15, -0.1) is 13.2 Å². The summed E-state index contributed by atoms with van der Waals surface area (Å²) in [5.41, 5.74) is -1.07. The second-order valence-corrected chi connectivity index (χ2v) is 10.2. The summed E-state index contributed by atoms with van der Waals surface area (Å²) < 4.78 is 11.3. The maximum Gasteiger partial charge on any atom is 0.408 e. The summed E-state index contributed by atoms with van der Waals surface area (Å²) in [6.07, 6.45) is 4.53. The van der Waals surface area contributed by atoms with Crippen LogP contribution in [0.4, 0.5) is 10.7 Å². The maximum atomic E-state index is 13.3. The average Bonchev–Trinajstić information content (AvgIpc) is 3.13. The number of carbonyl (C=O) groups is 2. The molecule has 34 heavy (non-hydrogen) atoms. The number of carbonyl (C=O) groups excluding carboxylic acids is 2. The lowest BCUT2D eigenvalue weighted by Crippen LogP contribution is -2.50. The molecule has 0 aliphatic carbocycles. The number of ether oxygens (including phenoxy) is 1. The Kier molecular flexibility index (Phi) is 10.4. The first-order valence-electron chi connectivity index (χ1n) is 11.4. The molecule has 0 radical (unpaired) electrons. The highest BCUT2D eigenvalue weighted by atomic mass is 16.6. The molecule has 0 fully saturated rings. The van der Waals surface area contributed by atoms with Crippen LogP contribution < -0.4 is 15.5 Å². The Balaban J connectivity index is 3.22. The van der Waals surface area contributed by atoms with Crippen molar-refractivity contribution in [3.63, 3.8) is 0 Å². The van der Waals surface area contributed by atoms with Crippen molar-refractivity contribution in [2.75, 3.05) is 18.5 Å². The van der Waals surface area contributed by atoms with Crippen LogP contribution in [0, 0.1) is 16.7 Å². The molecule has 0 saturated carbocycles. The first-order chi connectivity index (χ1) is 15.7. The fourth-order valence-corrected chi connectivity index (χ4v) is 3.14. The van der Waals surface area contributed by atoms with Gasteiger partial charge in [-0.2, -0.15) is 10.2 Å². The molecule has 0 bridgehead atoms. The topological polar surface area (TPSA) is 120 Å². The van der Waals surface area contributed by atoms with Gasteiger partial charge < -0.3 is 24.7 Å². The van der Waals surface area contributed by atoms with E-state index < -0.39 is 35.1 Å². The second kappa shape index (κ2) is 12.3. The van der Waals surface area contributed by atoms with Crippen LogP contribution in [-0.4, -0.2) is 42.2 Å². The van der Waals surface area contributed by atoms with Gasteiger partial charge in [0, 0.05) is 13.6 Å². The standard InChI is InChI=1S/C25H39N5O4/c1-10-12-13-14-17(28-23(32)34-25(6,7)8)20(31)29-19(24(3,4)5)21-27-18(16-26)22(33-21)30(9)15-11-2/h10-11,17,19H,1-2,12-15H2,3-9H3,(H,28,32)(H,29,31)/t17-,19+/m0/s1.